The van der Waals surface area contributed by atoms with Gasteiger partial charge in [0, 0.05) is 19.0 Å². The Labute approximate surface area is 110 Å². The number of rotatable bonds is 3. The summed E-state index contributed by atoms with van der Waals surface area (Å²) in [4.78, 5) is 13.7. The van der Waals surface area contributed by atoms with Crippen molar-refractivity contribution in [3.8, 4) is 6.07 Å². The van der Waals surface area contributed by atoms with Crippen molar-refractivity contribution in [2.75, 3.05) is 11.9 Å². The number of nitrogens with one attached hydrogen (secondary N) is 1. The third kappa shape index (κ3) is 2.26. The molecular formula is C14H14FN3O. The zero-order chi connectivity index (χ0) is 13.4. The predicted octanol–water partition coefficient (Wildman–Crippen LogP) is 1.87. The minimum absolute atomic E-state index is 0.0137. The third-order valence-electron chi connectivity index (χ3n) is 3.63. The van der Waals surface area contributed by atoms with Crippen LogP contribution < -0.4 is 5.32 Å². The topological polar surface area (TPSA) is 56.1 Å². The minimum atomic E-state index is -0.532. The second kappa shape index (κ2) is 4.54. The number of hydrogen-bond acceptors (Lipinski definition) is 3. The smallest absolute Gasteiger partial charge is 0.225 e. The van der Waals surface area contributed by atoms with Crippen LogP contribution in [0, 0.1) is 17.1 Å². The molecule has 1 N–H and O–H groups in total. The van der Waals surface area contributed by atoms with Crippen LogP contribution in [-0.4, -0.2) is 29.4 Å². The molecular weight excluding hydrogens is 245 g/mol. The Morgan fingerprint density at radius 1 is 1.42 bits per heavy atom. The lowest BCUT2D eigenvalue weighted by Gasteiger charge is -2.17. The fraction of sp³-hybridized carbons (Fsp3) is 0.429. The van der Waals surface area contributed by atoms with Crippen LogP contribution >= 0.6 is 0 Å². The second-order valence-electron chi connectivity index (χ2n) is 5.10. The van der Waals surface area contributed by atoms with E-state index in [0.717, 1.165) is 12.8 Å². The molecule has 4 nitrogen and oxygen atoms in total. The van der Waals surface area contributed by atoms with Crippen LogP contribution in [0.4, 0.5) is 10.1 Å². The Balaban J connectivity index is 1.74. The van der Waals surface area contributed by atoms with Gasteiger partial charge in [0.25, 0.3) is 0 Å². The maximum atomic E-state index is 13.5. The van der Waals surface area contributed by atoms with E-state index < -0.39 is 5.82 Å². The highest BCUT2D eigenvalue weighted by atomic mass is 19.1. The molecule has 1 saturated heterocycles. The number of anilines is 1. The van der Waals surface area contributed by atoms with E-state index in [1.165, 1.54) is 6.07 Å². The molecule has 1 amide bonds. The normalized spacial score (nSPS) is 22.4. The van der Waals surface area contributed by atoms with E-state index in [0.29, 0.717) is 24.7 Å². The summed E-state index contributed by atoms with van der Waals surface area (Å²) in [6.07, 6.45) is 2.58. The first-order valence-electron chi connectivity index (χ1n) is 6.43. The second-order valence-corrected chi connectivity index (χ2v) is 5.10. The third-order valence-corrected chi connectivity index (χ3v) is 3.63. The van der Waals surface area contributed by atoms with Crippen molar-refractivity contribution < 1.29 is 9.18 Å². The number of benzene rings is 1. The van der Waals surface area contributed by atoms with Gasteiger partial charge < -0.3 is 10.2 Å². The van der Waals surface area contributed by atoms with Gasteiger partial charge in [-0.3, -0.25) is 4.79 Å². The summed E-state index contributed by atoms with van der Waals surface area (Å²) in [6.45, 7) is 0.644. The fourth-order valence-electron chi connectivity index (χ4n) is 2.55. The number of carbonyl (C=O) groups excluding carboxylic acids is 1. The first-order chi connectivity index (χ1) is 9.19. The molecule has 0 bridgehead atoms. The Bertz CT molecular complexity index is 562. The summed E-state index contributed by atoms with van der Waals surface area (Å²) < 4.78 is 13.5. The number of nitrogens with zero attached hydrogens (tertiary/aromatic N) is 2. The van der Waals surface area contributed by atoms with Crippen molar-refractivity contribution in [2.45, 2.75) is 31.3 Å². The Hall–Kier alpha value is -2.09. The Morgan fingerprint density at radius 2 is 2.21 bits per heavy atom. The summed E-state index contributed by atoms with van der Waals surface area (Å²) in [5, 5.41) is 12.1. The standard InChI is InChI=1S/C14H14FN3O/c15-12-2-1-3-13(11(12)7-16)17-9-6-14(19)18(8-9)10-4-5-10/h1-3,9-10,17H,4-6,8H2. The minimum Gasteiger partial charge on any atom is -0.379 e. The van der Waals surface area contributed by atoms with Crippen LogP contribution in [0.1, 0.15) is 24.8 Å². The monoisotopic (exact) mass is 259 g/mol. The fourth-order valence-corrected chi connectivity index (χ4v) is 2.55. The number of carbonyl (C=O) groups is 1. The van der Waals surface area contributed by atoms with Gasteiger partial charge in [-0.2, -0.15) is 5.26 Å². The summed E-state index contributed by atoms with van der Waals surface area (Å²) in [5.74, 6) is -0.384. The van der Waals surface area contributed by atoms with Crippen LogP contribution in [0.3, 0.4) is 0 Å². The van der Waals surface area contributed by atoms with Crippen molar-refractivity contribution in [1.82, 2.24) is 4.90 Å². The first-order valence-corrected chi connectivity index (χ1v) is 6.43. The lowest BCUT2D eigenvalue weighted by Crippen LogP contribution is -2.29. The molecule has 19 heavy (non-hydrogen) atoms. The molecule has 3 rings (SSSR count). The van der Waals surface area contributed by atoms with Crippen molar-refractivity contribution in [3.05, 3.63) is 29.6 Å². The van der Waals surface area contributed by atoms with Gasteiger partial charge in [-0.1, -0.05) is 6.07 Å². The number of nitriles is 1. The van der Waals surface area contributed by atoms with Gasteiger partial charge in [-0.25, -0.2) is 4.39 Å². The van der Waals surface area contributed by atoms with Gasteiger partial charge in [0.1, 0.15) is 17.4 Å². The SMILES string of the molecule is N#Cc1c(F)cccc1NC1CC(=O)N(C2CC2)C1. The largest absolute Gasteiger partial charge is 0.379 e. The van der Waals surface area contributed by atoms with Gasteiger partial charge in [0.15, 0.2) is 0 Å². The van der Waals surface area contributed by atoms with Gasteiger partial charge in [0.2, 0.25) is 5.91 Å². The van der Waals surface area contributed by atoms with E-state index in [1.807, 2.05) is 11.0 Å². The molecule has 98 valence electrons. The zero-order valence-electron chi connectivity index (χ0n) is 10.4. The van der Waals surface area contributed by atoms with Crippen LogP contribution in [-0.2, 0) is 4.79 Å². The molecule has 0 radical (unpaired) electrons. The van der Waals surface area contributed by atoms with Gasteiger partial charge in [-0.15, -0.1) is 0 Å². The molecule has 0 spiro atoms. The lowest BCUT2D eigenvalue weighted by atomic mass is 10.1. The average Bonchev–Trinajstić information content (AvgIpc) is 3.15. The maximum absolute atomic E-state index is 13.5. The molecule has 1 aromatic rings. The van der Waals surface area contributed by atoms with Crippen molar-refractivity contribution >= 4 is 11.6 Å². The van der Waals surface area contributed by atoms with Gasteiger partial charge in [0.05, 0.1) is 11.7 Å². The average molecular weight is 259 g/mol. The van der Waals surface area contributed by atoms with Gasteiger partial charge in [-0.05, 0) is 25.0 Å². The molecule has 2 fully saturated rings. The molecule has 0 aromatic heterocycles. The quantitative estimate of drug-likeness (QED) is 0.901. The summed E-state index contributed by atoms with van der Waals surface area (Å²) in [6, 6.07) is 6.72. The number of likely N-dealkylation sites (tertiary alicyclic amines) is 1. The van der Waals surface area contributed by atoms with Crippen molar-refractivity contribution in [3.63, 3.8) is 0 Å². The van der Waals surface area contributed by atoms with E-state index in [4.69, 9.17) is 5.26 Å². The summed E-state index contributed by atoms with van der Waals surface area (Å²) in [5.41, 5.74) is 0.484. The predicted molar refractivity (Wildman–Crippen MR) is 67.9 cm³/mol. The maximum Gasteiger partial charge on any atom is 0.225 e. The van der Waals surface area contributed by atoms with E-state index >= 15 is 0 Å². The molecule has 1 atom stereocenters. The van der Waals surface area contributed by atoms with Crippen LogP contribution in [0.15, 0.2) is 18.2 Å². The molecule has 1 aliphatic heterocycles. The van der Waals surface area contributed by atoms with Crippen LogP contribution in [0.25, 0.3) is 0 Å². The molecule has 1 unspecified atom stereocenters. The zero-order valence-corrected chi connectivity index (χ0v) is 10.4. The van der Waals surface area contributed by atoms with E-state index in [-0.39, 0.29) is 17.5 Å². The number of halogens is 1. The Morgan fingerprint density at radius 3 is 2.89 bits per heavy atom. The van der Waals surface area contributed by atoms with Crippen LogP contribution in [0.2, 0.25) is 0 Å². The molecule has 1 saturated carbocycles. The molecule has 5 heteroatoms. The van der Waals surface area contributed by atoms with Gasteiger partial charge >= 0.3 is 0 Å². The summed E-state index contributed by atoms with van der Waals surface area (Å²) >= 11 is 0. The highest BCUT2D eigenvalue weighted by Crippen LogP contribution is 2.31. The molecule has 1 aromatic carbocycles. The number of amides is 1. The highest BCUT2D eigenvalue weighted by Gasteiger charge is 2.39. The Kier molecular flexibility index (Phi) is 2.86. The van der Waals surface area contributed by atoms with E-state index in [9.17, 15) is 9.18 Å². The number of hydrogen-bond donors (Lipinski definition) is 1. The van der Waals surface area contributed by atoms with Crippen LogP contribution in [0.5, 0.6) is 0 Å². The van der Waals surface area contributed by atoms with E-state index in [2.05, 4.69) is 5.32 Å². The first kappa shape index (κ1) is 12.0. The summed E-state index contributed by atoms with van der Waals surface area (Å²) in [7, 11) is 0. The van der Waals surface area contributed by atoms with Crippen molar-refractivity contribution in [1.29, 1.82) is 5.26 Å². The lowest BCUT2D eigenvalue weighted by molar-refractivity contribution is -0.128. The van der Waals surface area contributed by atoms with Crippen molar-refractivity contribution in [2.24, 2.45) is 0 Å². The highest BCUT2D eigenvalue weighted by molar-refractivity contribution is 5.81. The van der Waals surface area contributed by atoms with E-state index in [1.54, 1.807) is 12.1 Å². The molecule has 2 aliphatic rings. The molecule has 1 heterocycles. The molecule has 1 aliphatic carbocycles.